The zero-order valence-electron chi connectivity index (χ0n) is 12.0. The van der Waals surface area contributed by atoms with E-state index in [1.165, 1.54) is 6.92 Å². The van der Waals surface area contributed by atoms with Crippen LogP contribution in [0.2, 0.25) is 0 Å². The minimum Gasteiger partial charge on any atom is -0.358 e. The van der Waals surface area contributed by atoms with E-state index in [9.17, 15) is 14.4 Å². The van der Waals surface area contributed by atoms with Crippen LogP contribution in [0, 0.1) is 0 Å². The zero-order chi connectivity index (χ0) is 15.0. The molecule has 0 radical (unpaired) electrons. The fraction of sp³-hybridized carbons (Fsp3) is 0.750. The van der Waals surface area contributed by atoms with Crippen LogP contribution in [-0.2, 0) is 14.4 Å². The number of carbonyl (C=O) groups is 3. The van der Waals surface area contributed by atoms with E-state index < -0.39 is 0 Å². The van der Waals surface area contributed by atoms with Crippen LogP contribution in [0.3, 0.4) is 0 Å². The maximum atomic E-state index is 11.8. The highest BCUT2D eigenvalue weighted by molar-refractivity contribution is 5.83. The highest BCUT2D eigenvalue weighted by Crippen LogP contribution is 2.02. The zero-order valence-corrected chi connectivity index (χ0v) is 12.0. The van der Waals surface area contributed by atoms with Gasteiger partial charge in [0.05, 0.1) is 6.54 Å². The molecule has 1 atom stereocenters. The summed E-state index contributed by atoms with van der Waals surface area (Å²) < 4.78 is 0. The smallest absolute Gasteiger partial charge is 0.238 e. The van der Waals surface area contributed by atoms with Crippen molar-refractivity contribution in [1.82, 2.24) is 26.2 Å². The first-order valence-electron chi connectivity index (χ1n) is 6.72. The van der Waals surface area contributed by atoms with Gasteiger partial charge in [0.2, 0.25) is 17.7 Å². The van der Waals surface area contributed by atoms with E-state index in [2.05, 4.69) is 21.3 Å². The monoisotopic (exact) mass is 285 g/mol. The summed E-state index contributed by atoms with van der Waals surface area (Å²) in [4.78, 5) is 36.0. The molecule has 3 amide bonds. The maximum absolute atomic E-state index is 11.8. The van der Waals surface area contributed by atoms with Gasteiger partial charge in [0.1, 0.15) is 6.04 Å². The van der Waals surface area contributed by atoms with Gasteiger partial charge in [0.25, 0.3) is 0 Å². The molecule has 1 rings (SSSR count). The van der Waals surface area contributed by atoms with Crippen LogP contribution in [0.25, 0.3) is 0 Å². The summed E-state index contributed by atoms with van der Waals surface area (Å²) in [6, 6.07) is -0.324. The lowest BCUT2D eigenvalue weighted by atomic mass is 10.1. The largest absolute Gasteiger partial charge is 0.358 e. The van der Waals surface area contributed by atoms with Gasteiger partial charge < -0.3 is 21.3 Å². The molecule has 0 aromatic rings. The summed E-state index contributed by atoms with van der Waals surface area (Å²) in [5.41, 5.74) is 0. The first-order chi connectivity index (χ1) is 9.54. The number of hydrogen-bond acceptors (Lipinski definition) is 5. The lowest BCUT2D eigenvalue weighted by Gasteiger charge is -2.34. The molecule has 0 spiro atoms. The molecule has 0 saturated carbocycles. The molecule has 114 valence electrons. The van der Waals surface area contributed by atoms with Crippen LogP contribution < -0.4 is 21.3 Å². The van der Waals surface area contributed by atoms with Crippen molar-refractivity contribution >= 4 is 17.7 Å². The summed E-state index contributed by atoms with van der Waals surface area (Å²) in [7, 11) is 1.59. The van der Waals surface area contributed by atoms with E-state index in [0.717, 1.165) is 6.54 Å². The lowest BCUT2D eigenvalue weighted by Crippen LogP contribution is -2.59. The third-order valence-electron chi connectivity index (χ3n) is 3.07. The van der Waals surface area contributed by atoms with Gasteiger partial charge in [-0.3, -0.25) is 19.3 Å². The number of carbonyl (C=O) groups excluding carboxylic acids is 3. The van der Waals surface area contributed by atoms with Crippen molar-refractivity contribution < 1.29 is 14.4 Å². The van der Waals surface area contributed by atoms with E-state index in [-0.39, 0.29) is 30.3 Å². The molecule has 0 bridgehead atoms. The first kappa shape index (κ1) is 16.4. The van der Waals surface area contributed by atoms with Crippen LogP contribution in [0.15, 0.2) is 0 Å². The van der Waals surface area contributed by atoms with Gasteiger partial charge in [-0.1, -0.05) is 0 Å². The standard InChI is InChI=1S/C12H23N5O3/c1-9(18)15-3-4-16-11(19)8-17-6-5-14-7-10(17)12(20)13-2/h10,14H,3-8H2,1-2H3,(H,13,20)(H,15,18)(H,16,19). The topological polar surface area (TPSA) is 103 Å². The van der Waals surface area contributed by atoms with Crippen molar-refractivity contribution in [2.75, 3.05) is 46.3 Å². The Kier molecular flexibility index (Phi) is 6.96. The average molecular weight is 285 g/mol. The number of rotatable bonds is 6. The third kappa shape index (κ3) is 5.54. The SMILES string of the molecule is CNC(=O)C1CNCCN1CC(=O)NCCNC(C)=O. The van der Waals surface area contributed by atoms with E-state index in [4.69, 9.17) is 0 Å². The fourth-order valence-corrected chi connectivity index (χ4v) is 2.04. The van der Waals surface area contributed by atoms with Gasteiger partial charge in [0.15, 0.2) is 0 Å². The van der Waals surface area contributed by atoms with Gasteiger partial charge in [-0.05, 0) is 0 Å². The van der Waals surface area contributed by atoms with Gasteiger partial charge >= 0.3 is 0 Å². The summed E-state index contributed by atoms with van der Waals surface area (Å²) in [6.07, 6.45) is 0. The van der Waals surface area contributed by atoms with Crippen molar-refractivity contribution in [3.05, 3.63) is 0 Å². The van der Waals surface area contributed by atoms with E-state index in [1.807, 2.05) is 4.90 Å². The number of nitrogens with zero attached hydrogens (tertiary/aromatic N) is 1. The Morgan fingerprint density at radius 1 is 1.25 bits per heavy atom. The number of piperazine rings is 1. The van der Waals surface area contributed by atoms with Crippen molar-refractivity contribution in [1.29, 1.82) is 0 Å². The highest BCUT2D eigenvalue weighted by atomic mass is 16.2. The molecule has 1 aliphatic rings. The summed E-state index contributed by atoms with van der Waals surface area (Å²) in [6.45, 7) is 4.34. The molecule has 1 heterocycles. The third-order valence-corrected chi connectivity index (χ3v) is 3.07. The Bertz CT molecular complexity index is 361. The molecule has 0 aliphatic carbocycles. The maximum Gasteiger partial charge on any atom is 0.238 e. The molecule has 1 unspecified atom stereocenters. The van der Waals surface area contributed by atoms with Gasteiger partial charge in [-0.15, -0.1) is 0 Å². The van der Waals surface area contributed by atoms with Crippen LogP contribution in [0.4, 0.5) is 0 Å². The van der Waals surface area contributed by atoms with Crippen LogP contribution in [0.1, 0.15) is 6.92 Å². The Morgan fingerprint density at radius 2 is 1.95 bits per heavy atom. The van der Waals surface area contributed by atoms with E-state index in [1.54, 1.807) is 7.05 Å². The molecule has 20 heavy (non-hydrogen) atoms. The molecular formula is C12H23N5O3. The van der Waals surface area contributed by atoms with Crippen LogP contribution >= 0.6 is 0 Å². The van der Waals surface area contributed by atoms with Gasteiger partial charge in [0, 0.05) is 46.7 Å². The van der Waals surface area contributed by atoms with E-state index in [0.29, 0.717) is 26.2 Å². The van der Waals surface area contributed by atoms with E-state index >= 15 is 0 Å². The fourth-order valence-electron chi connectivity index (χ4n) is 2.04. The molecule has 4 N–H and O–H groups in total. The summed E-state index contributed by atoms with van der Waals surface area (Å²) in [5, 5.41) is 11.1. The molecular weight excluding hydrogens is 262 g/mol. The Balaban J connectivity index is 2.34. The van der Waals surface area contributed by atoms with Crippen LogP contribution in [0.5, 0.6) is 0 Å². The first-order valence-corrected chi connectivity index (χ1v) is 6.72. The number of hydrogen-bond donors (Lipinski definition) is 4. The molecule has 8 nitrogen and oxygen atoms in total. The average Bonchev–Trinajstić information content (AvgIpc) is 2.43. The predicted molar refractivity (Wildman–Crippen MR) is 74.0 cm³/mol. The minimum atomic E-state index is -0.324. The summed E-state index contributed by atoms with van der Waals surface area (Å²) in [5.74, 6) is -0.365. The number of nitrogens with one attached hydrogen (secondary N) is 4. The molecule has 0 aromatic heterocycles. The Hall–Kier alpha value is -1.67. The second kappa shape index (κ2) is 8.49. The van der Waals surface area contributed by atoms with Crippen LogP contribution in [-0.4, -0.2) is 75.0 Å². The lowest BCUT2D eigenvalue weighted by molar-refractivity contribution is -0.129. The molecule has 0 aromatic carbocycles. The molecule has 1 saturated heterocycles. The normalized spacial score (nSPS) is 19.2. The molecule has 8 heteroatoms. The quantitative estimate of drug-likeness (QED) is 0.397. The molecule has 1 aliphatic heterocycles. The minimum absolute atomic E-state index is 0.0942. The predicted octanol–water partition coefficient (Wildman–Crippen LogP) is -2.74. The van der Waals surface area contributed by atoms with Crippen molar-refractivity contribution in [3.8, 4) is 0 Å². The second-order valence-electron chi connectivity index (χ2n) is 4.64. The number of amides is 3. The number of likely N-dealkylation sites (N-methyl/N-ethyl adjacent to an activating group) is 1. The van der Waals surface area contributed by atoms with Crippen molar-refractivity contribution in [2.45, 2.75) is 13.0 Å². The molecule has 1 fully saturated rings. The van der Waals surface area contributed by atoms with Crippen molar-refractivity contribution in [2.24, 2.45) is 0 Å². The second-order valence-corrected chi connectivity index (χ2v) is 4.64. The highest BCUT2D eigenvalue weighted by Gasteiger charge is 2.28. The Morgan fingerprint density at radius 3 is 2.60 bits per heavy atom. The van der Waals surface area contributed by atoms with Crippen molar-refractivity contribution in [3.63, 3.8) is 0 Å². The Labute approximate surface area is 118 Å². The summed E-state index contributed by atoms with van der Waals surface area (Å²) >= 11 is 0. The van der Waals surface area contributed by atoms with Gasteiger partial charge in [-0.25, -0.2) is 0 Å². The van der Waals surface area contributed by atoms with Gasteiger partial charge in [-0.2, -0.15) is 0 Å².